The van der Waals surface area contributed by atoms with E-state index in [1.165, 1.54) is 0 Å². The SMILES string of the molecule is CC(O)CNC(C)c1c[nH]c(=O)c2ccccc12. The van der Waals surface area contributed by atoms with E-state index >= 15 is 0 Å². The zero-order valence-corrected chi connectivity index (χ0v) is 10.6. The lowest BCUT2D eigenvalue weighted by atomic mass is 10.0. The first-order valence-electron chi connectivity index (χ1n) is 6.11. The summed E-state index contributed by atoms with van der Waals surface area (Å²) >= 11 is 0. The third kappa shape index (κ3) is 2.60. The van der Waals surface area contributed by atoms with Gasteiger partial charge in [0.2, 0.25) is 0 Å². The number of hydrogen-bond acceptors (Lipinski definition) is 3. The van der Waals surface area contributed by atoms with Crippen molar-refractivity contribution < 1.29 is 5.11 Å². The number of fused-ring (bicyclic) bond motifs is 1. The van der Waals surface area contributed by atoms with Gasteiger partial charge in [-0.3, -0.25) is 4.79 Å². The quantitative estimate of drug-likeness (QED) is 0.767. The van der Waals surface area contributed by atoms with Crippen molar-refractivity contribution in [3.05, 3.63) is 46.4 Å². The number of aliphatic hydroxyl groups excluding tert-OH is 1. The van der Waals surface area contributed by atoms with Crippen molar-refractivity contribution in [3.8, 4) is 0 Å². The average molecular weight is 246 g/mol. The molecule has 1 aromatic heterocycles. The number of H-pyrrole nitrogens is 1. The summed E-state index contributed by atoms with van der Waals surface area (Å²) in [6.07, 6.45) is 1.35. The normalized spacial score (nSPS) is 14.6. The van der Waals surface area contributed by atoms with Gasteiger partial charge >= 0.3 is 0 Å². The molecule has 0 aliphatic carbocycles. The fraction of sp³-hybridized carbons (Fsp3) is 0.357. The molecule has 2 rings (SSSR count). The predicted octanol–water partition coefficient (Wildman–Crippen LogP) is 1.56. The van der Waals surface area contributed by atoms with Crippen molar-refractivity contribution in [1.29, 1.82) is 0 Å². The molecule has 96 valence electrons. The minimum Gasteiger partial charge on any atom is -0.392 e. The molecule has 1 aromatic carbocycles. The van der Waals surface area contributed by atoms with Gasteiger partial charge < -0.3 is 15.4 Å². The monoisotopic (exact) mass is 246 g/mol. The topological polar surface area (TPSA) is 65.1 Å². The third-order valence-electron chi connectivity index (χ3n) is 3.03. The van der Waals surface area contributed by atoms with Gasteiger partial charge in [0.25, 0.3) is 5.56 Å². The number of nitrogens with one attached hydrogen (secondary N) is 2. The van der Waals surface area contributed by atoms with E-state index in [1.54, 1.807) is 13.1 Å². The number of benzene rings is 1. The molecular weight excluding hydrogens is 228 g/mol. The van der Waals surface area contributed by atoms with E-state index in [0.717, 1.165) is 10.9 Å². The van der Waals surface area contributed by atoms with Gasteiger partial charge in [-0.2, -0.15) is 0 Å². The Morgan fingerprint density at radius 2 is 1.94 bits per heavy atom. The fourth-order valence-electron chi connectivity index (χ4n) is 2.05. The van der Waals surface area contributed by atoms with Crippen molar-refractivity contribution in [2.75, 3.05) is 6.54 Å². The lowest BCUT2D eigenvalue weighted by Gasteiger charge is -2.17. The second kappa shape index (κ2) is 5.33. The Morgan fingerprint density at radius 3 is 2.61 bits per heavy atom. The first-order valence-corrected chi connectivity index (χ1v) is 6.11. The zero-order chi connectivity index (χ0) is 13.1. The minimum absolute atomic E-state index is 0.0707. The van der Waals surface area contributed by atoms with E-state index in [0.29, 0.717) is 11.9 Å². The van der Waals surface area contributed by atoms with Crippen molar-refractivity contribution in [2.45, 2.75) is 26.0 Å². The van der Waals surface area contributed by atoms with Crippen LogP contribution in [0.3, 0.4) is 0 Å². The molecule has 3 N–H and O–H groups in total. The van der Waals surface area contributed by atoms with Crippen LogP contribution in [0.1, 0.15) is 25.5 Å². The number of hydrogen-bond donors (Lipinski definition) is 3. The molecule has 0 fully saturated rings. The Morgan fingerprint density at radius 1 is 1.28 bits per heavy atom. The number of aromatic amines is 1. The second-order valence-corrected chi connectivity index (χ2v) is 4.60. The molecule has 2 aromatic rings. The minimum atomic E-state index is -0.388. The predicted molar refractivity (Wildman–Crippen MR) is 72.7 cm³/mol. The Labute approximate surface area is 106 Å². The molecule has 0 saturated carbocycles. The van der Waals surface area contributed by atoms with Gasteiger partial charge in [0.15, 0.2) is 0 Å². The highest BCUT2D eigenvalue weighted by atomic mass is 16.3. The van der Waals surface area contributed by atoms with E-state index in [1.807, 2.05) is 31.2 Å². The highest BCUT2D eigenvalue weighted by molar-refractivity contribution is 5.84. The highest BCUT2D eigenvalue weighted by Crippen LogP contribution is 2.20. The molecule has 0 bridgehead atoms. The van der Waals surface area contributed by atoms with Crippen LogP contribution in [-0.2, 0) is 0 Å². The fourth-order valence-corrected chi connectivity index (χ4v) is 2.05. The molecule has 0 spiro atoms. The van der Waals surface area contributed by atoms with Gasteiger partial charge in [-0.15, -0.1) is 0 Å². The van der Waals surface area contributed by atoms with Crippen LogP contribution in [-0.4, -0.2) is 22.7 Å². The molecular formula is C14H18N2O2. The Hall–Kier alpha value is -1.65. The summed E-state index contributed by atoms with van der Waals surface area (Å²) in [5, 5.41) is 14.2. The van der Waals surface area contributed by atoms with Crippen LogP contribution in [0.5, 0.6) is 0 Å². The van der Waals surface area contributed by atoms with Gasteiger partial charge in [0, 0.05) is 24.2 Å². The molecule has 1 heterocycles. The van der Waals surface area contributed by atoms with Crippen molar-refractivity contribution >= 4 is 10.8 Å². The lowest BCUT2D eigenvalue weighted by molar-refractivity contribution is 0.187. The molecule has 2 atom stereocenters. The molecule has 0 radical (unpaired) electrons. The van der Waals surface area contributed by atoms with Crippen molar-refractivity contribution in [3.63, 3.8) is 0 Å². The Kier molecular flexibility index (Phi) is 3.79. The molecule has 0 aliphatic rings. The van der Waals surface area contributed by atoms with Crippen molar-refractivity contribution in [2.24, 2.45) is 0 Å². The van der Waals surface area contributed by atoms with Gasteiger partial charge in [-0.05, 0) is 30.9 Å². The lowest BCUT2D eigenvalue weighted by Crippen LogP contribution is -2.27. The summed E-state index contributed by atoms with van der Waals surface area (Å²) in [7, 11) is 0. The molecule has 0 aliphatic heterocycles. The van der Waals surface area contributed by atoms with E-state index in [-0.39, 0.29) is 17.7 Å². The van der Waals surface area contributed by atoms with Crippen LogP contribution in [0.25, 0.3) is 10.8 Å². The number of rotatable bonds is 4. The third-order valence-corrected chi connectivity index (χ3v) is 3.03. The highest BCUT2D eigenvalue weighted by Gasteiger charge is 2.11. The van der Waals surface area contributed by atoms with E-state index in [4.69, 9.17) is 0 Å². The molecule has 0 saturated heterocycles. The van der Waals surface area contributed by atoms with Gasteiger partial charge in [0.05, 0.1) is 6.10 Å². The summed E-state index contributed by atoms with van der Waals surface area (Å²) in [6, 6.07) is 7.61. The molecule has 0 amide bonds. The Bertz CT molecular complexity index is 590. The van der Waals surface area contributed by atoms with Crippen LogP contribution in [0, 0.1) is 0 Å². The van der Waals surface area contributed by atoms with E-state index in [9.17, 15) is 9.90 Å². The summed E-state index contributed by atoms with van der Waals surface area (Å²) in [4.78, 5) is 14.5. The summed E-state index contributed by atoms with van der Waals surface area (Å²) in [6.45, 7) is 4.28. The van der Waals surface area contributed by atoms with E-state index in [2.05, 4.69) is 10.3 Å². The van der Waals surface area contributed by atoms with Gasteiger partial charge in [-0.25, -0.2) is 0 Å². The van der Waals surface area contributed by atoms with Crippen LogP contribution in [0.2, 0.25) is 0 Å². The molecule has 4 nitrogen and oxygen atoms in total. The number of pyridine rings is 1. The van der Waals surface area contributed by atoms with Crippen molar-refractivity contribution in [1.82, 2.24) is 10.3 Å². The maximum atomic E-state index is 11.7. The first kappa shape index (κ1) is 12.8. The van der Waals surface area contributed by atoms with Crippen LogP contribution in [0.15, 0.2) is 35.3 Å². The number of aliphatic hydroxyl groups is 1. The average Bonchev–Trinajstić information content (AvgIpc) is 2.37. The molecule has 2 unspecified atom stereocenters. The van der Waals surface area contributed by atoms with Crippen LogP contribution < -0.4 is 10.9 Å². The zero-order valence-electron chi connectivity index (χ0n) is 10.6. The van der Waals surface area contributed by atoms with Crippen LogP contribution >= 0.6 is 0 Å². The van der Waals surface area contributed by atoms with E-state index < -0.39 is 0 Å². The summed E-state index contributed by atoms with van der Waals surface area (Å²) < 4.78 is 0. The Balaban J connectivity index is 2.39. The first-order chi connectivity index (χ1) is 8.59. The maximum Gasteiger partial charge on any atom is 0.255 e. The second-order valence-electron chi connectivity index (χ2n) is 4.60. The number of aromatic nitrogens is 1. The smallest absolute Gasteiger partial charge is 0.255 e. The summed E-state index contributed by atoms with van der Waals surface area (Å²) in [5.74, 6) is 0. The standard InChI is InChI=1S/C14H18N2O2/c1-9(17)7-15-10(2)13-8-16-14(18)12-6-4-3-5-11(12)13/h3-6,8-10,15,17H,7H2,1-2H3,(H,16,18). The van der Waals surface area contributed by atoms with Gasteiger partial charge in [0.1, 0.15) is 0 Å². The summed E-state index contributed by atoms with van der Waals surface area (Å²) in [5.41, 5.74) is 0.961. The van der Waals surface area contributed by atoms with Crippen LogP contribution in [0.4, 0.5) is 0 Å². The maximum absolute atomic E-state index is 11.7. The van der Waals surface area contributed by atoms with Gasteiger partial charge in [-0.1, -0.05) is 18.2 Å². The molecule has 4 heteroatoms. The largest absolute Gasteiger partial charge is 0.392 e. The molecule has 18 heavy (non-hydrogen) atoms.